The summed E-state index contributed by atoms with van der Waals surface area (Å²) in [4.78, 5) is 8.23. The second-order valence-corrected chi connectivity index (χ2v) is 4.81. The molecule has 1 aromatic rings. The Morgan fingerprint density at radius 2 is 2.12 bits per heavy atom. The first-order valence-corrected chi connectivity index (χ1v) is 5.55. The smallest absolute Gasteiger partial charge is 0.129 e. The van der Waals surface area contributed by atoms with Gasteiger partial charge in [-0.15, -0.1) is 0 Å². The summed E-state index contributed by atoms with van der Waals surface area (Å²) >= 11 is 0. The zero-order valence-corrected chi connectivity index (χ0v) is 10.6. The van der Waals surface area contributed by atoms with Gasteiger partial charge >= 0.3 is 0 Å². The quantitative estimate of drug-likeness (QED) is 0.803. The van der Waals surface area contributed by atoms with Crippen molar-refractivity contribution in [3.8, 4) is 0 Å². The van der Waals surface area contributed by atoms with Crippen LogP contribution in [0.5, 0.6) is 0 Å². The van der Waals surface area contributed by atoms with E-state index in [-0.39, 0.29) is 5.41 Å². The van der Waals surface area contributed by atoms with Crippen molar-refractivity contribution < 1.29 is 4.74 Å². The molecule has 0 fully saturated rings. The lowest BCUT2D eigenvalue weighted by Gasteiger charge is -2.24. The van der Waals surface area contributed by atoms with Crippen LogP contribution in [0.2, 0.25) is 0 Å². The molecule has 0 saturated heterocycles. The van der Waals surface area contributed by atoms with Gasteiger partial charge in [-0.05, 0) is 18.8 Å². The molecule has 0 aliphatic carbocycles. The van der Waals surface area contributed by atoms with E-state index in [1.165, 1.54) is 0 Å². The number of rotatable bonds is 6. The summed E-state index contributed by atoms with van der Waals surface area (Å²) in [5.41, 5.74) is 1.18. The van der Waals surface area contributed by atoms with Crippen LogP contribution in [0.25, 0.3) is 0 Å². The highest BCUT2D eigenvalue weighted by Crippen LogP contribution is 2.20. The van der Waals surface area contributed by atoms with E-state index in [2.05, 4.69) is 29.1 Å². The predicted octanol–water partition coefficient (Wildman–Crippen LogP) is 2.26. The summed E-state index contributed by atoms with van der Waals surface area (Å²) in [5, 5.41) is 3.33. The average Bonchev–Trinajstić information content (AvgIpc) is 2.24. The number of nitrogens with zero attached hydrogens (tertiary/aromatic N) is 2. The molecule has 0 aromatic carbocycles. The van der Waals surface area contributed by atoms with E-state index in [4.69, 9.17) is 4.74 Å². The zero-order valence-electron chi connectivity index (χ0n) is 10.6. The molecular weight excluding hydrogens is 202 g/mol. The summed E-state index contributed by atoms with van der Waals surface area (Å²) < 4.78 is 5.10. The van der Waals surface area contributed by atoms with Gasteiger partial charge in [-0.3, -0.25) is 0 Å². The van der Waals surface area contributed by atoms with E-state index in [1.807, 2.05) is 13.0 Å². The van der Waals surface area contributed by atoms with Crippen molar-refractivity contribution in [3.05, 3.63) is 18.1 Å². The normalized spacial score (nSPS) is 11.5. The molecule has 16 heavy (non-hydrogen) atoms. The Morgan fingerprint density at radius 1 is 1.38 bits per heavy atom. The number of ether oxygens (including phenoxy) is 1. The van der Waals surface area contributed by atoms with Gasteiger partial charge in [-0.25, -0.2) is 9.97 Å². The molecule has 1 rings (SSSR count). The topological polar surface area (TPSA) is 47.0 Å². The number of aromatic nitrogens is 2. The second-order valence-electron chi connectivity index (χ2n) is 4.81. The maximum Gasteiger partial charge on any atom is 0.129 e. The molecule has 90 valence electrons. The predicted molar refractivity (Wildman–Crippen MR) is 65.5 cm³/mol. The third-order valence-electron chi connectivity index (χ3n) is 2.53. The molecule has 0 amide bonds. The number of aryl methyl sites for hydroxylation is 1. The van der Waals surface area contributed by atoms with E-state index in [0.717, 1.165) is 31.1 Å². The SMILES string of the molecule is COCCC(C)(C)CNc1cc(C)ncn1. The molecule has 4 nitrogen and oxygen atoms in total. The molecule has 0 unspecified atom stereocenters. The van der Waals surface area contributed by atoms with Crippen LogP contribution in [0.1, 0.15) is 26.0 Å². The van der Waals surface area contributed by atoms with Crippen molar-refractivity contribution in [1.29, 1.82) is 0 Å². The van der Waals surface area contributed by atoms with Crippen molar-refractivity contribution in [1.82, 2.24) is 9.97 Å². The third kappa shape index (κ3) is 4.57. The fraction of sp³-hybridized carbons (Fsp3) is 0.667. The lowest BCUT2D eigenvalue weighted by Crippen LogP contribution is -2.25. The van der Waals surface area contributed by atoms with Gasteiger partial charge in [0.1, 0.15) is 12.1 Å². The molecule has 0 aliphatic heterocycles. The second kappa shape index (κ2) is 5.80. The summed E-state index contributed by atoms with van der Waals surface area (Å²) in [6.07, 6.45) is 2.61. The Bertz CT molecular complexity index is 326. The number of methoxy groups -OCH3 is 1. The van der Waals surface area contributed by atoms with Crippen LogP contribution in [0.4, 0.5) is 5.82 Å². The summed E-state index contributed by atoms with van der Waals surface area (Å²) in [5.74, 6) is 0.887. The zero-order chi connectivity index (χ0) is 12.0. The van der Waals surface area contributed by atoms with E-state index >= 15 is 0 Å². The summed E-state index contributed by atoms with van der Waals surface area (Å²) in [6, 6.07) is 1.95. The van der Waals surface area contributed by atoms with Crippen LogP contribution in [-0.2, 0) is 4.74 Å². The van der Waals surface area contributed by atoms with E-state index in [0.29, 0.717) is 0 Å². The van der Waals surface area contributed by atoms with Crippen molar-refractivity contribution in [2.45, 2.75) is 27.2 Å². The monoisotopic (exact) mass is 223 g/mol. The molecule has 1 N–H and O–H groups in total. The molecule has 4 heteroatoms. The largest absolute Gasteiger partial charge is 0.385 e. The minimum Gasteiger partial charge on any atom is -0.385 e. The van der Waals surface area contributed by atoms with Gasteiger partial charge in [0.25, 0.3) is 0 Å². The Morgan fingerprint density at radius 3 is 2.75 bits per heavy atom. The van der Waals surface area contributed by atoms with Crippen LogP contribution in [0.3, 0.4) is 0 Å². The number of anilines is 1. The third-order valence-corrected chi connectivity index (χ3v) is 2.53. The van der Waals surface area contributed by atoms with Gasteiger partial charge in [0.2, 0.25) is 0 Å². The molecule has 1 aromatic heterocycles. The fourth-order valence-corrected chi connectivity index (χ4v) is 1.35. The highest BCUT2D eigenvalue weighted by Gasteiger charge is 2.17. The average molecular weight is 223 g/mol. The maximum atomic E-state index is 5.10. The van der Waals surface area contributed by atoms with Gasteiger partial charge < -0.3 is 10.1 Å². The van der Waals surface area contributed by atoms with Crippen molar-refractivity contribution in [2.75, 3.05) is 25.6 Å². The highest BCUT2D eigenvalue weighted by atomic mass is 16.5. The molecule has 0 saturated carbocycles. The summed E-state index contributed by atoms with van der Waals surface area (Å²) in [7, 11) is 1.73. The van der Waals surface area contributed by atoms with Gasteiger partial charge in [0, 0.05) is 32.0 Å². The fourth-order valence-electron chi connectivity index (χ4n) is 1.35. The molecular formula is C12H21N3O. The first kappa shape index (κ1) is 12.9. The first-order chi connectivity index (χ1) is 7.53. The van der Waals surface area contributed by atoms with Gasteiger partial charge in [0.05, 0.1) is 0 Å². The van der Waals surface area contributed by atoms with Crippen LogP contribution in [0.15, 0.2) is 12.4 Å². The van der Waals surface area contributed by atoms with Gasteiger partial charge in [-0.1, -0.05) is 13.8 Å². The van der Waals surface area contributed by atoms with Crippen LogP contribution < -0.4 is 5.32 Å². The van der Waals surface area contributed by atoms with Crippen LogP contribution in [-0.4, -0.2) is 30.2 Å². The van der Waals surface area contributed by atoms with Crippen LogP contribution in [0, 0.1) is 12.3 Å². The van der Waals surface area contributed by atoms with Crippen molar-refractivity contribution in [3.63, 3.8) is 0 Å². The van der Waals surface area contributed by atoms with Crippen molar-refractivity contribution >= 4 is 5.82 Å². The molecule has 1 heterocycles. The standard InChI is InChI=1S/C12H21N3O/c1-10-7-11(15-9-14-10)13-8-12(2,3)5-6-16-4/h7,9H,5-6,8H2,1-4H3,(H,13,14,15). The lowest BCUT2D eigenvalue weighted by molar-refractivity contribution is 0.157. The molecule has 0 radical (unpaired) electrons. The Kier molecular flexibility index (Phi) is 4.68. The highest BCUT2D eigenvalue weighted by molar-refractivity contribution is 5.34. The first-order valence-electron chi connectivity index (χ1n) is 5.55. The Hall–Kier alpha value is -1.16. The lowest BCUT2D eigenvalue weighted by atomic mass is 9.90. The number of nitrogens with one attached hydrogen (secondary N) is 1. The maximum absolute atomic E-state index is 5.10. The van der Waals surface area contributed by atoms with Gasteiger partial charge in [0.15, 0.2) is 0 Å². The van der Waals surface area contributed by atoms with E-state index in [9.17, 15) is 0 Å². The van der Waals surface area contributed by atoms with E-state index < -0.39 is 0 Å². The molecule has 0 bridgehead atoms. The van der Waals surface area contributed by atoms with Crippen molar-refractivity contribution in [2.24, 2.45) is 5.41 Å². The minimum atomic E-state index is 0.203. The Balaban J connectivity index is 2.44. The molecule has 0 spiro atoms. The Labute approximate surface area is 97.5 Å². The number of hydrogen-bond donors (Lipinski definition) is 1. The molecule has 0 aliphatic rings. The van der Waals surface area contributed by atoms with E-state index in [1.54, 1.807) is 13.4 Å². The van der Waals surface area contributed by atoms with Crippen LogP contribution >= 0.6 is 0 Å². The number of hydrogen-bond acceptors (Lipinski definition) is 4. The molecule has 0 atom stereocenters. The van der Waals surface area contributed by atoms with Gasteiger partial charge in [-0.2, -0.15) is 0 Å². The summed E-state index contributed by atoms with van der Waals surface area (Å²) in [6.45, 7) is 8.06. The minimum absolute atomic E-state index is 0.203.